The monoisotopic (exact) mass is 542 g/mol. The van der Waals surface area contributed by atoms with Gasteiger partial charge < -0.3 is 59.3 Å². The summed E-state index contributed by atoms with van der Waals surface area (Å²) in [4.78, 5) is 0. The Morgan fingerprint density at radius 2 is 1.53 bits per heavy atom. The minimum atomic E-state index is -5.28. The van der Waals surface area contributed by atoms with E-state index in [1.807, 2.05) is 0 Å². The van der Waals surface area contributed by atoms with E-state index in [0.29, 0.717) is 0 Å². The standard InChI is InChI=1S/C14H28N2O16S2/c15-1-2-28-14-11(21)10(20)12(6(31-14)4-29-34(25,26)27)32-13-7(16-33(22,23)24)9(19)8(18)5(3-17)30-13/h5-14,16-21H,1-4,15H2,(H,22,23,24)(H,25,26,27)/p-2/t5-,6-,7-,8-,9-,10-,11-,12-,13-,14-/m1/s1. The summed E-state index contributed by atoms with van der Waals surface area (Å²) in [6.45, 7) is -2.19. The Balaban J connectivity index is 2.33. The van der Waals surface area contributed by atoms with Crippen molar-refractivity contribution in [1.29, 1.82) is 0 Å². The average Bonchev–Trinajstić information content (AvgIpc) is 2.73. The van der Waals surface area contributed by atoms with Gasteiger partial charge in [-0.05, 0) is 0 Å². The fraction of sp³-hybridized carbons (Fsp3) is 1.00. The van der Waals surface area contributed by atoms with Gasteiger partial charge in [0.05, 0.1) is 19.8 Å². The molecular formula is C14H26N2O16S2-2. The minimum Gasteiger partial charge on any atom is -0.735 e. The number of rotatable bonds is 11. The Hall–Kier alpha value is -0.660. The summed E-state index contributed by atoms with van der Waals surface area (Å²) in [5.74, 6) is 0. The van der Waals surface area contributed by atoms with Gasteiger partial charge in [0.25, 0.3) is 0 Å². The molecule has 18 nitrogen and oxygen atoms in total. The zero-order chi connectivity index (χ0) is 25.8. The van der Waals surface area contributed by atoms with Crippen molar-refractivity contribution in [2.24, 2.45) is 5.73 Å². The third kappa shape index (κ3) is 7.92. The highest BCUT2D eigenvalue weighted by Crippen LogP contribution is 2.30. The van der Waals surface area contributed by atoms with Gasteiger partial charge in [0.2, 0.25) is 10.4 Å². The zero-order valence-electron chi connectivity index (χ0n) is 17.2. The first kappa shape index (κ1) is 29.6. The molecule has 20 heteroatoms. The van der Waals surface area contributed by atoms with E-state index in [0.717, 1.165) is 0 Å². The van der Waals surface area contributed by atoms with Crippen LogP contribution in [0.1, 0.15) is 0 Å². The average molecular weight is 542 g/mol. The van der Waals surface area contributed by atoms with Crippen molar-refractivity contribution in [2.45, 2.75) is 61.3 Å². The van der Waals surface area contributed by atoms with Crippen LogP contribution in [0, 0.1) is 0 Å². The van der Waals surface area contributed by atoms with Gasteiger partial charge in [0, 0.05) is 6.54 Å². The second kappa shape index (κ2) is 12.1. The lowest BCUT2D eigenvalue weighted by Crippen LogP contribution is -2.67. The number of nitrogens with one attached hydrogen (secondary N) is 1. The number of hydrogen-bond acceptors (Lipinski definition) is 17. The van der Waals surface area contributed by atoms with Gasteiger partial charge in [-0.15, -0.1) is 0 Å². The van der Waals surface area contributed by atoms with Crippen LogP contribution in [-0.4, -0.2) is 139 Å². The fourth-order valence-corrected chi connectivity index (χ4v) is 4.21. The summed E-state index contributed by atoms with van der Waals surface area (Å²) in [5.41, 5.74) is 5.29. The molecule has 0 aromatic heterocycles. The predicted molar refractivity (Wildman–Crippen MR) is 101 cm³/mol. The molecule has 0 saturated carbocycles. The summed E-state index contributed by atoms with van der Waals surface area (Å²) in [5, 5.41) is 50.4. The van der Waals surface area contributed by atoms with Gasteiger partial charge in [0.15, 0.2) is 22.9 Å². The zero-order valence-corrected chi connectivity index (χ0v) is 18.9. The second-order valence-electron chi connectivity index (χ2n) is 7.28. The van der Waals surface area contributed by atoms with Crippen LogP contribution in [0.4, 0.5) is 0 Å². The largest absolute Gasteiger partial charge is 0.735 e. The summed E-state index contributed by atoms with van der Waals surface area (Å²) in [6.07, 6.45) is -16.5. The molecule has 0 aromatic rings. The number of aliphatic hydroxyl groups excluding tert-OH is 5. The van der Waals surface area contributed by atoms with Crippen LogP contribution in [0.15, 0.2) is 0 Å². The first-order chi connectivity index (χ1) is 15.7. The third-order valence-corrected chi connectivity index (χ3v) is 5.86. The second-order valence-corrected chi connectivity index (χ2v) is 9.48. The maximum Gasteiger partial charge on any atom is 0.217 e. The molecule has 2 heterocycles. The minimum absolute atomic E-state index is 0.0333. The molecule has 2 saturated heterocycles. The van der Waals surface area contributed by atoms with Gasteiger partial charge in [-0.2, -0.15) is 0 Å². The van der Waals surface area contributed by atoms with E-state index in [1.165, 1.54) is 4.72 Å². The highest BCUT2D eigenvalue weighted by Gasteiger charge is 2.51. The molecular weight excluding hydrogens is 516 g/mol. The van der Waals surface area contributed by atoms with E-state index in [1.54, 1.807) is 0 Å². The Morgan fingerprint density at radius 3 is 2.06 bits per heavy atom. The molecule has 0 unspecified atom stereocenters. The molecule has 2 aliphatic rings. The van der Waals surface area contributed by atoms with Gasteiger partial charge in [-0.3, -0.25) is 4.18 Å². The number of ether oxygens (including phenoxy) is 4. The van der Waals surface area contributed by atoms with Crippen LogP contribution in [-0.2, 0) is 43.8 Å². The maximum atomic E-state index is 11.2. The molecule has 8 N–H and O–H groups in total. The van der Waals surface area contributed by atoms with Crippen molar-refractivity contribution in [1.82, 2.24) is 4.72 Å². The van der Waals surface area contributed by atoms with Crippen molar-refractivity contribution in [3.05, 3.63) is 0 Å². The molecule has 0 aromatic carbocycles. The van der Waals surface area contributed by atoms with Gasteiger partial charge >= 0.3 is 0 Å². The summed E-state index contributed by atoms with van der Waals surface area (Å²) >= 11 is 0. The van der Waals surface area contributed by atoms with Crippen LogP contribution in [0.5, 0.6) is 0 Å². The SMILES string of the molecule is NCCO[C@@H]1O[C@H](COS(=O)(=O)[O-])[C@@H](O[C@H]2O[C@H](CO)[C@@H](O)[C@H](O)[C@H]2NS(=O)(=O)[O-])[C@H](O)[C@H]1O. The van der Waals surface area contributed by atoms with Crippen LogP contribution in [0.25, 0.3) is 0 Å². The number of nitrogens with two attached hydrogens (primary N) is 1. The van der Waals surface area contributed by atoms with E-state index in [9.17, 15) is 51.5 Å². The lowest BCUT2D eigenvalue weighted by molar-refractivity contribution is -0.345. The molecule has 34 heavy (non-hydrogen) atoms. The van der Waals surface area contributed by atoms with Crippen molar-refractivity contribution >= 4 is 20.7 Å². The van der Waals surface area contributed by atoms with E-state index in [2.05, 4.69) is 4.18 Å². The van der Waals surface area contributed by atoms with Crippen LogP contribution in [0.3, 0.4) is 0 Å². The van der Waals surface area contributed by atoms with E-state index in [4.69, 9.17) is 24.7 Å². The third-order valence-electron chi connectivity index (χ3n) is 4.87. The van der Waals surface area contributed by atoms with Crippen molar-refractivity contribution in [3.8, 4) is 0 Å². The Bertz CT molecular complexity index is 858. The summed E-state index contributed by atoms with van der Waals surface area (Å²) in [7, 11) is -10.5. The predicted octanol–water partition coefficient (Wildman–Crippen LogP) is -6.87. The van der Waals surface area contributed by atoms with Crippen LogP contribution >= 0.6 is 0 Å². The topological polar surface area (TPSA) is 300 Å². The Morgan fingerprint density at radius 1 is 0.912 bits per heavy atom. The number of hydrogen-bond donors (Lipinski definition) is 7. The normalized spacial score (nSPS) is 39.8. The van der Waals surface area contributed by atoms with Crippen LogP contribution in [0.2, 0.25) is 0 Å². The molecule has 2 fully saturated rings. The van der Waals surface area contributed by atoms with E-state index < -0.39 is 95.3 Å². The van der Waals surface area contributed by atoms with Crippen molar-refractivity contribution in [2.75, 3.05) is 26.4 Å². The molecule has 0 aliphatic carbocycles. The highest BCUT2D eigenvalue weighted by atomic mass is 32.3. The first-order valence-electron chi connectivity index (χ1n) is 9.63. The van der Waals surface area contributed by atoms with Gasteiger partial charge in [-0.25, -0.2) is 21.6 Å². The van der Waals surface area contributed by atoms with Crippen molar-refractivity contribution in [3.63, 3.8) is 0 Å². The Kier molecular flexibility index (Phi) is 10.5. The summed E-state index contributed by atoms with van der Waals surface area (Å²) < 4.78 is 92.8. The van der Waals surface area contributed by atoms with E-state index >= 15 is 0 Å². The lowest BCUT2D eigenvalue weighted by atomic mass is 9.96. The molecule has 0 bridgehead atoms. The molecule has 0 radical (unpaired) electrons. The maximum absolute atomic E-state index is 11.2. The quantitative estimate of drug-likeness (QED) is 0.0942. The van der Waals surface area contributed by atoms with Gasteiger partial charge in [0.1, 0.15) is 48.8 Å². The molecule has 0 amide bonds. The van der Waals surface area contributed by atoms with Crippen molar-refractivity contribution < 1.29 is 74.6 Å². The molecule has 2 aliphatic heterocycles. The smallest absolute Gasteiger partial charge is 0.217 e. The number of aliphatic hydroxyl groups is 5. The highest BCUT2D eigenvalue weighted by molar-refractivity contribution is 7.83. The molecule has 202 valence electrons. The Labute approximate surface area is 194 Å². The molecule has 10 atom stereocenters. The molecule has 2 rings (SSSR count). The van der Waals surface area contributed by atoms with Gasteiger partial charge in [-0.1, -0.05) is 0 Å². The summed E-state index contributed by atoms with van der Waals surface area (Å²) in [6, 6.07) is -2.00. The lowest BCUT2D eigenvalue weighted by Gasteiger charge is -2.47. The fourth-order valence-electron chi connectivity index (χ4n) is 3.33. The molecule has 0 spiro atoms. The first-order valence-corrected chi connectivity index (χ1v) is 12.4. The van der Waals surface area contributed by atoms with E-state index in [-0.39, 0.29) is 13.2 Å². The van der Waals surface area contributed by atoms with Crippen LogP contribution < -0.4 is 10.5 Å².